The van der Waals surface area contributed by atoms with Gasteiger partial charge in [0.25, 0.3) is 5.56 Å². The van der Waals surface area contributed by atoms with Gasteiger partial charge in [-0.05, 0) is 31.0 Å². The van der Waals surface area contributed by atoms with E-state index >= 15 is 0 Å². The van der Waals surface area contributed by atoms with E-state index in [1.807, 2.05) is 18.2 Å². The number of hydrogen-bond acceptors (Lipinski definition) is 7. The van der Waals surface area contributed by atoms with E-state index < -0.39 is 0 Å². The minimum atomic E-state index is -0.150. The van der Waals surface area contributed by atoms with E-state index in [1.54, 1.807) is 32.5 Å². The second-order valence-corrected chi connectivity index (χ2v) is 7.29. The van der Waals surface area contributed by atoms with Crippen molar-refractivity contribution < 1.29 is 9.53 Å². The van der Waals surface area contributed by atoms with Crippen molar-refractivity contribution in [2.45, 2.75) is 12.8 Å². The van der Waals surface area contributed by atoms with Gasteiger partial charge in [-0.25, -0.2) is 15.0 Å². The van der Waals surface area contributed by atoms with Crippen LogP contribution in [-0.4, -0.2) is 45.5 Å². The molecule has 0 radical (unpaired) electrons. The van der Waals surface area contributed by atoms with E-state index in [0.29, 0.717) is 54.6 Å². The number of rotatable bonds is 5. The van der Waals surface area contributed by atoms with Crippen molar-refractivity contribution in [3.05, 3.63) is 64.8 Å². The summed E-state index contributed by atoms with van der Waals surface area (Å²) in [4.78, 5) is 40.2. The second-order valence-electron chi connectivity index (χ2n) is 7.29. The fraction of sp³-hybridized carbons (Fsp3) is 0.318. The van der Waals surface area contributed by atoms with E-state index in [0.717, 1.165) is 0 Å². The summed E-state index contributed by atoms with van der Waals surface area (Å²) in [6.45, 7) is 1.29. The number of hydrogen-bond donors (Lipinski definition) is 0. The SMILES string of the molecule is COc1cccc(C(=O)C2CCN(c3nc(-c4ccncn4)cc(=O)n3C)CC2)c1. The number of aromatic nitrogens is 4. The van der Waals surface area contributed by atoms with Gasteiger partial charge in [0.2, 0.25) is 5.95 Å². The summed E-state index contributed by atoms with van der Waals surface area (Å²) in [6, 6.07) is 10.5. The zero-order valence-corrected chi connectivity index (χ0v) is 17.0. The van der Waals surface area contributed by atoms with E-state index in [-0.39, 0.29) is 17.3 Å². The number of nitrogens with zero attached hydrogens (tertiary/aromatic N) is 5. The Morgan fingerprint density at radius 1 is 1.13 bits per heavy atom. The summed E-state index contributed by atoms with van der Waals surface area (Å²) in [5.74, 6) is 1.34. The highest BCUT2D eigenvalue weighted by Gasteiger charge is 2.28. The largest absolute Gasteiger partial charge is 0.497 e. The fourth-order valence-corrected chi connectivity index (χ4v) is 3.74. The highest BCUT2D eigenvalue weighted by Crippen LogP contribution is 2.26. The van der Waals surface area contributed by atoms with Gasteiger partial charge in [-0.2, -0.15) is 0 Å². The minimum absolute atomic E-state index is 0.0598. The van der Waals surface area contributed by atoms with Crippen molar-refractivity contribution in [2.24, 2.45) is 13.0 Å². The number of Topliss-reactive ketones (excluding diaryl/α,β-unsaturated/α-hetero) is 1. The number of piperidine rings is 1. The summed E-state index contributed by atoms with van der Waals surface area (Å²) >= 11 is 0. The third kappa shape index (κ3) is 3.94. The first kappa shape index (κ1) is 19.8. The normalized spacial score (nSPS) is 14.5. The summed E-state index contributed by atoms with van der Waals surface area (Å²) < 4.78 is 6.77. The van der Waals surface area contributed by atoms with Crippen molar-refractivity contribution >= 4 is 11.7 Å². The Labute approximate surface area is 174 Å². The van der Waals surface area contributed by atoms with Crippen LogP contribution in [0.5, 0.6) is 5.75 Å². The summed E-state index contributed by atoms with van der Waals surface area (Å²) in [6.07, 6.45) is 4.45. The van der Waals surface area contributed by atoms with Crippen LogP contribution in [0.1, 0.15) is 23.2 Å². The van der Waals surface area contributed by atoms with Crippen molar-refractivity contribution in [3.8, 4) is 17.1 Å². The highest BCUT2D eigenvalue weighted by atomic mass is 16.5. The van der Waals surface area contributed by atoms with Crippen LogP contribution < -0.4 is 15.2 Å². The van der Waals surface area contributed by atoms with Gasteiger partial charge in [0, 0.05) is 43.9 Å². The van der Waals surface area contributed by atoms with Crippen molar-refractivity contribution in [1.82, 2.24) is 19.5 Å². The maximum atomic E-state index is 12.9. The first-order valence-electron chi connectivity index (χ1n) is 9.84. The molecule has 1 fully saturated rings. The Kier molecular flexibility index (Phi) is 5.56. The zero-order chi connectivity index (χ0) is 21.1. The lowest BCUT2D eigenvalue weighted by Gasteiger charge is -2.33. The number of anilines is 1. The van der Waals surface area contributed by atoms with Gasteiger partial charge in [0.05, 0.1) is 18.5 Å². The van der Waals surface area contributed by atoms with E-state index in [9.17, 15) is 9.59 Å². The average molecular weight is 405 g/mol. The molecule has 0 amide bonds. The van der Waals surface area contributed by atoms with Gasteiger partial charge < -0.3 is 9.64 Å². The molecule has 2 aromatic heterocycles. The van der Waals surface area contributed by atoms with Gasteiger partial charge >= 0.3 is 0 Å². The molecule has 0 bridgehead atoms. The third-order valence-electron chi connectivity index (χ3n) is 5.46. The van der Waals surface area contributed by atoms with Crippen LogP contribution in [0, 0.1) is 5.92 Å². The Morgan fingerprint density at radius 3 is 2.63 bits per heavy atom. The molecule has 0 spiro atoms. The van der Waals surface area contributed by atoms with Crippen LogP contribution in [0.4, 0.5) is 5.95 Å². The molecule has 4 rings (SSSR count). The van der Waals surface area contributed by atoms with E-state index in [2.05, 4.69) is 19.9 Å². The Bertz CT molecular complexity index is 1110. The molecule has 0 unspecified atom stereocenters. The van der Waals surface area contributed by atoms with Gasteiger partial charge in [0.1, 0.15) is 12.1 Å². The van der Waals surface area contributed by atoms with Crippen LogP contribution >= 0.6 is 0 Å². The van der Waals surface area contributed by atoms with Crippen LogP contribution in [-0.2, 0) is 7.05 Å². The molecule has 1 aliphatic heterocycles. The standard InChI is InChI=1S/C22H23N5O3/c1-26-20(28)13-19(18-6-9-23-14-24-18)25-22(26)27-10-7-15(8-11-27)21(29)16-4-3-5-17(12-16)30-2/h3-6,9,12-15H,7-8,10-11H2,1-2H3. The Hall–Kier alpha value is -3.55. The predicted molar refractivity (Wildman–Crippen MR) is 113 cm³/mol. The van der Waals surface area contributed by atoms with Crippen molar-refractivity contribution in [1.29, 1.82) is 0 Å². The van der Waals surface area contributed by atoms with Crippen LogP contribution in [0.3, 0.4) is 0 Å². The summed E-state index contributed by atoms with van der Waals surface area (Å²) in [5.41, 5.74) is 1.64. The molecule has 0 aliphatic carbocycles. The van der Waals surface area contributed by atoms with Crippen molar-refractivity contribution in [2.75, 3.05) is 25.1 Å². The lowest BCUT2D eigenvalue weighted by Crippen LogP contribution is -2.40. The van der Waals surface area contributed by atoms with Gasteiger partial charge in [-0.15, -0.1) is 0 Å². The molecule has 8 nitrogen and oxygen atoms in total. The molecule has 8 heteroatoms. The molecule has 1 aliphatic rings. The fourth-order valence-electron chi connectivity index (χ4n) is 3.74. The average Bonchev–Trinajstić information content (AvgIpc) is 2.81. The van der Waals surface area contributed by atoms with Gasteiger partial charge in [0.15, 0.2) is 5.78 Å². The zero-order valence-electron chi connectivity index (χ0n) is 17.0. The van der Waals surface area contributed by atoms with E-state index in [4.69, 9.17) is 4.74 Å². The number of benzene rings is 1. The molecule has 3 heterocycles. The summed E-state index contributed by atoms with van der Waals surface area (Å²) in [7, 11) is 3.30. The molecule has 0 N–H and O–H groups in total. The number of carbonyl (C=O) groups excluding carboxylic acids is 1. The lowest BCUT2D eigenvalue weighted by molar-refractivity contribution is 0.0900. The van der Waals surface area contributed by atoms with Crippen molar-refractivity contribution in [3.63, 3.8) is 0 Å². The minimum Gasteiger partial charge on any atom is -0.497 e. The van der Waals surface area contributed by atoms with E-state index in [1.165, 1.54) is 17.0 Å². The molecular formula is C22H23N5O3. The number of carbonyl (C=O) groups is 1. The molecular weight excluding hydrogens is 382 g/mol. The maximum Gasteiger partial charge on any atom is 0.255 e. The van der Waals surface area contributed by atoms with Crippen LogP contribution in [0.15, 0.2) is 53.7 Å². The molecule has 154 valence electrons. The molecule has 1 aromatic carbocycles. The number of ether oxygens (including phenoxy) is 1. The Morgan fingerprint density at radius 2 is 1.93 bits per heavy atom. The first-order chi connectivity index (χ1) is 14.6. The molecule has 1 saturated heterocycles. The lowest BCUT2D eigenvalue weighted by atomic mass is 9.89. The highest BCUT2D eigenvalue weighted by molar-refractivity contribution is 5.98. The molecule has 0 saturated carbocycles. The molecule has 3 aromatic rings. The van der Waals surface area contributed by atoms with Gasteiger partial charge in [-0.3, -0.25) is 14.2 Å². The first-order valence-corrected chi connectivity index (χ1v) is 9.84. The quantitative estimate of drug-likeness (QED) is 0.602. The smallest absolute Gasteiger partial charge is 0.255 e. The topological polar surface area (TPSA) is 90.2 Å². The maximum absolute atomic E-state index is 12.9. The monoisotopic (exact) mass is 405 g/mol. The molecule has 30 heavy (non-hydrogen) atoms. The Balaban J connectivity index is 1.52. The third-order valence-corrected chi connectivity index (χ3v) is 5.46. The molecule has 0 atom stereocenters. The van der Waals surface area contributed by atoms with Crippen LogP contribution in [0.2, 0.25) is 0 Å². The summed E-state index contributed by atoms with van der Waals surface area (Å²) in [5, 5.41) is 0. The predicted octanol–water partition coefficient (Wildman–Crippen LogP) is 2.35. The number of methoxy groups -OCH3 is 1. The number of ketones is 1. The second kappa shape index (κ2) is 8.44. The van der Waals surface area contributed by atoms with Gasteiger partial charge in [-0.1, -0.05) is 12.1 Å². The van der Waals surface area contributed by atoms with Crippen LogP contribution in [0.25, 0.3) is 11.4 Å².